The second-order valence-corrected chi connectivity index (χ2v) is 9.89. The molecule has 3 aromatic carbocycles. The van der Waals surface area contributed by atoms with Crippen LogP contribution in [0.4, 0.5) is 5.69 Å². The van der Waals surface area contributed by atoms with E-state index in [1.807, 2.05) is 18.2 Å². The molecule has 0 saturated carbocycles. The highest BCUT2D eigenvalue weighted by Gasteiger charge is 2.27. The van der Waals surface area contributed by atoms with Crippen LogP contribution in [0.2, 0.25) is 0 Å². The van der Waals surface area contributed by atoms with Gasteiger partial charge in [-0.05, 0) is 77.7 Å². The van der Waals surface area contributed by atoms with Gasteiger partial charge in [-0.25, -0.2) is 0 Å². The van der Waals surface area contributed by atoms with E-state index in [0.29, 0.717) is 56.3 Å². The van der Waals surface area contributed by atoms with Gasteiger partial charge < -0.3 is 29.6 Å². The van der Waals surface area contributed by atoms with Crippen molar-refractivity contribution in [3.63, 3.8) is 0 Å². The van der Waals surface area contributed by atoms with Gasteiger partial charge in [0.2, 0.25) is 5.75 Å². The number of halogens is 2. The number of methoxy groups -OCH3 is 3. The number of hydrogen-bond acceptors (Lipinski definition) is 8. The molecule has 0 atom stereocenters. The van der Waals surface area contributed by atoms with Gasteiger partial charge in [0.05, 0.1) is 32.4 Å². The van der Waals surface area contributed by atoms with Gasteiger partial charge >= 0.3 is 0 Å². The molecule has 5 aromatic rings. The lowest BCUT2D eigenvalue weighted by Gasteiger charge is -2.23. The van der Waals surface area contributed by atoms with E-state index in [4.69, 9.17) is 24.7 Å². The zero-order chi connectivity index (χ0) is 30.7. The van der Waals surface area contributed by atoms with E-state index < -0.39 is 5.56 Å². The fourth-order valence-electron chi connectivity index (χ4n) is 4.91. The third-order valence-corrected chi connectivity index (χ3v) is 6.98. The maximum Gasteiger partial charge on any atom is 0.271 e. The number of hydrogen-bond donors (Lipinski definition) is 1. The van der Waals surface area contributed by atoms with Crippen LogP contribution < -0.4 is 30.2 Å². The molecule has 236 valence electrons. The summed E-state index contributed by atoms with van der Waals surface area (Å²) in [4.78, 5) is 34.1. The van der Waals surface area contributed by atoms with E-state index >= 15 is 0 Å². The number of carbonyl (C=O) groups excluding carboxylic acids is 1. The van der Waals surface area contributed by atoms with Gasteiger partial charge in [-0.3, -0.25) is 19.1 Å². The summed E-state index contributed by atoms with van der Waals surface area (Å²) in [7, 11) is 7.83. The molecule has 0 radical (unpaired) electrons. The Labute approximate surface area is 273 Å². The number of fused-ring (bicyclic) bond motifs is 1. The van der Waals surface area contributed by atoms with Crippen LogP contribution in [0.3, 0.4) is 0 Å². The number of ether oxygens (including phenoxy) is 4. The number of rotatable bonds is 9. The van der Waals surface area contributed by atoms with Crippen LogP contribution in [0, 0.1) is 0 Å². The number of anilines is 1. The number of pyridine rings is 2. The van der Waals surface area contributed by atoms with Gasteiger partial charge in [-0.2, -0.15) is 0 Å². The molecule has 0 aliphatic heterocycles. The van der Waals surface area contributed by atoms with Crippen molar-refractivity contribution in [2.75, 3.05) is 41.2 Å². The second kappa shape index (κ2) is 14.7. The molecule has 2 heterocycles. The molecule has 2 N–H and O–H groups in total. The van der Waals surface area contributed by atoms with E-state index in [2.05, 4.69) is 4.98 Å². The Hall–Kier alpha value is -4.93. The summed E-state index contributed by atoms with van der Waals surface area (Å²) >= 11 is 0. The highest BCUT2D eigenvalue weighted by Crippen LogP contribution is 2.44. The van der Waals surface area contributed by atoms with Crippen molar-refractivity contribution < 1.29 is 23.7 Å². The molecule has 5 rings (SSSR count). The highest BCUT2D eigenvalue weighted by molar-refractivity contribution is 6.09. The Morgan fingerprint density at radius 3 is 2.09 bits per heavy atom. The van der Waals surface area contributed by atoms with Crippen molar-refractivity contribution >= 4 is 47.2 Å². The number of nitrogens with two attached hydrogens (primary N) is 1. The van der Waals surface area contributed by atoms with Crippen LogP contribution in [0.1, 0.15) is 16.2 Å². The summed E-state index contributed by atoms with van der Waals surface area (Å²) in [6.07, 6.45) is 1.69. The van der Waals surface area contributed by atoms with E-state index in [1.165, 1.54) is 30.8 Å². The summed E-state index contributed by atoms with van der Waals surface area (Å²) in [6, 6.07) is 21.1. The molecular formula is C33H34Cl2N4O6. The van der Waals surface area contributed by atoms with Crippen molar-refractivity contribution in [2.24, 2.45) is 0 Å². The first-order valence-corrected chi connectivity index (χ1v) is 13.4. The Kier molecular flexibility index (Phi) is 11.3. The minimum absolute atomic E-state index is 0. The zero-order valence-electron chi connectivity index (χ0n) is 25.4. The molecule has 0 saturated heterocycles. The molecule has 0 spiro atoms. The van der Waals surface area contributed by atoms with Gasteiger partial charge in [0.25, 0.3) is 11.5 Å². The molecule has 0 fully saturated rings. The molecule has 45 heavy (non-hydrogen) atoms. The summed E-state index contributed by atoms with van der Waals surface area (Å²) in [6.45, 7) is 0.218. The van der Waals surface area contributed by atoms with Crippen molar-refractivity contribution in [1.82, 2.24) is 14.5 Å². The van der Waals surface area contributed by atoms with Crippen molar-refractivity contribution in [2.45, 2.75) is 6.61 Å². The molecule has 0 aliphatic carbocycles. The van der Waals surface area contributed by atoms with Crippen molar-refractivity contribution in [3.8, 4) is 39.8 Å². The van der Waals surface area contributed by atoms with Crippen LogP contribution in [0.25, 0.3) is 27.6 Å². The molecule has 2 aromatic heterocycles. The molecule has 10 nitrogen and oxygen atoms in total. The Balaban J connectivity index is 0.00000276. The predicted molar refractivity (Wildman–Crippen MR) is 180 cm³/mol. The molecular weight excluding hydrogens is 619 g/mol. The first-order chi connectivity index (χ1) is 20.8. The molecule has 0 unspecified atom stereocenters. The van der Waals surface area contributed by atoms with E-state index in [-0.39, 0.29) is 43.0 Å². The Bertz CT molecular complexity index is 1840. The Morgan fingerprint density at radius 1 is 0.867 bits per heavy atom. The first kappa shape index (κ1) is 34.6. The summed E-state index contributed by atoms with van der Waals surface area (Å²) < 4.78 is 24.2. The summed E-state index contributed by atoms with van der Waals surface area (Å²) in [5, 5.41) is 0.885. The van der Waals surface area contributed by atoms with E-state index in [9.17, 15) is 9.59 Å². The lowest BCUT2D eigenvalue weighted by molar-refractivity contribution is 0.0820. The summed E-state index contributed by atoms with van der Waals surface area (Å²) in [5.41, 5.74) is 8.54. The first-order valence-electron chi connectivity index (χ1n) is 13.4. The quantitative estimate of drug-likeness (QED) is 0.199. The predicted octanol–water partition coefficient (Wildman–Crippen LogP) is 5.79. The van der Waals surface area contributed by atoms with Gasteiger partial charge in [-0.1, -0.05) is 6.07 Å². The minimum Gasteiger partial charge on any atom is -0.493 e. The van der Waals surface area contributed by atoms with Crippen LogP contribution >= 0.6 is 24.8 Å². The fourth-order valence-corrected chi connectivity index (χ4v) is 4.91. The van der Waals surface area contributed by atoms with E-state index in [0.717, 1.165) is 5.69 Å². The smallest absolute Gasteiger partial charge is 0.271 e. The highest BCUT2D eigenvalue weighted by atomic mass is 35.5. The normalized spacial score (nSPS) is 10.3. The van der Waals surface area contributed by atoms with Crippen molar-refractivity contribution in [1.29, 1.82) is 0 Å². The molecule has 12 heteroatoms. The molecule has 0 aliphatic rings. The largest absolute Gasteiger partial charge is 0.493 e. The SMILES string of the molecule is COc1cc(-c2c(C(=O)N(C)C)n(-c3ccc(N)cc3)c(=O)c3cc(OCc4ccccn4)ccc23)cc(OC)c1OC.Cl.Cl. The average molecular weight is 654 g/mol. The van der Waals surface area contributed by atoms with E-state index in [1.54, 1.807) is 74.9 Å². The lowest BCUT2D eigenvalue weighted by atomic mass is 9.95. The van der Waals surface area contributed by atoms with Gasteiger partial charge in [0, 0.05) is 37.2 Å². The van der Waals surface area contributed by atoms with Gasteiger partial charge in [0.1, 0.15) is 18.1 Å². The van der Waals surface area contributed by atoms with Crippen LogP contribution in [-0.4, -0.2) is 55.8 Å². The van der Waals surface area contributed by atoms with Gasteiger partial charge in [-0.15, -0.1) is 24.8 Å². The third kappa shape index (κ3) is 6.77. The number of nitrogens with zero attached hydrogens (tertiary/aromatic N) is 3. The van der Waals surface area contributed by atoms with Crippen molar-refractivity contribution in [3.05, 3.63) is 101 Å². The zero-order valence-corrected chi connectivity index (χ0v) is 27.0. The fraction of sp³-hybridized carbons (Fsp3) is 0.182. The maximum absolute atomic E-state index is 14.3. The van der Waals surface area contributed by atoms with Crippen LogP contribution in [-0.2, 0) is 6.61 Å². The number of nitrogen functional groups attached to an aromatic ring is 1. The summed E-state index contributed by atoms with van der Waals surface area (Å²) in [5.74, 6) is 1.29. The topological polar surface area (TPSA) is 118 Å². The molecule has 0 bridgehead atoms. The standard InChI is InChI=1S/C33H32N4O6.2ClH/c1-36(2)33(39)30-29(20-16-27(40-3)31(42-5)28(17-20)41-4)25-14-13-24(43-19-22-8-6-7-15-35-22)18-26(25)32(38)37(30)23-11-9-21(34)10-12-23;;/h6-18H,19,34H2,1-5H3;2*1H. The number of benzene rings is 3. The monoisotopic (exact) mass is 652 g/mol. The lowest BCUT2D eigenvalue weighted by Crippen LogP contribution is -2.32. The second-order valence-electron chi connectivity index (χ2n) is 9.89. The average Bonchev–Trinajstić information content (AvgIpc) is 3.03. The van der Waals surface area contributed by atoms with Crippen LogP contribution in [0.15, 0.2) is 83.8 Å². The van der Waals surface area contributed by atoms with Gasteiger partial charge in [0.15, 0.2) is 11.5 Å². The number of carbonyl (C=O) groups is 1. The minimum atomic E-state index is -0.399. The number of amides is 1. The molecule has 1 amide bonds. The Morgan fingerprint density at radius 2 is 1.53 bits per heavy atom. The third-order valence-electron chi connectivity index (χ3n) is 6.98. The number of aromatic nitrogens is 2. The maximum atomic E-state index is 14.3. The van der Waals surface area contributed by atoms with Crippen LogP contribution in [0.5, 0.6) is 23.0 Å².